The number of anilines is 1. The molecule has 3 rings (SSSR count). The van der Waals surface area contributed by atoms with E-state index in [1.807, 2.05) is 30.3 Å². The number of nitrogens with one attached hydrogen (secondary N) is 1. The van der Waals surface area contributed by atoms with Gasteiger partial charge in [-0.05, 0) is 29.7 Å². The van der Waals surface area contributed by atoms with E-state index in [1.54, 1.807) is 6.07 Å². The summed E-state index contributed by atoms with van der Waals surface area (Å²) in [7, 11) is 0. The molecule has 1 heterocycles. The Hall–Kier alpha value is -2.20. The lowest BCUT2D eigenvalue weighted by atomic mass is 9.87. The molecule has 3 N–H and O–H groups in total. The quantitative estimate of drug-likeness (QED) is 0.836. The summed E-state index contributed by atoms with van der Waals surface area (Å²) in [5.41, 5.74) is 8.51. The molecule has 2 unspecified atom stereocenters. The van der Waals surface area contributed by atoms with E-state index in [4.69, 9.17) is 5.73 Å². The van der Waals surface area contributed by atoms with Gasteiger partial charge < -0.3 is 11.1 Å². The molecule has 0 saturated heterocycles. The Morgan fingerprint density at radius 3 is 2.65 bits per heavy atom. The van der Waals surface area contributed by atoms with Gasteiger partial charge in [0.05, 0.1) is 6.04 Å². The van der Waals surface area contributed by atoms with Gasteiger partial charge in [0, 0.05) is 11.6 Å². The van der Waals surface area contributed by atoms with Crippen molar-refractivity contribution in [1.82, 2.24) is 0 Å². The Balaban J connectivity index is 2.04. The molecule has 0 spiro atoms. The van der Waals surface area contributed by atoms with Gasteiger partial charge in [0.1, 0.15) is 5.82 Å². The summed E-state index contributed by atoms with van der Waals surface area (Å²) in [6, 6.07) is 13.5. The van der Waals surface area contributed by atoms with Gasteiger partial charge in [0.15, 0.2) is 0 Å². The largest absolute Gasteiger partial charge is 0.324 e. The second kappa shape index (κ2) is 5.06. The number of fused-ring (bicyclic) bond motifs is 1. The minimum absolute atomic E-state index is 0.108. The summed E-state index contributed by atoms with van der Waals surface area (Å²) < 4.78 is 13.3. The van der Waals surface area contributed by atoms with Gasteiger partial charge in [-0.2, -0.15) is 0 Å². The highest BCUT2D eigenvalue weighted by Gasteiger charge is 2.30. The molecule has 3 nitrogen and oxygen atoms in total. The van der Waals surface area contributed by atoms with Crippen molar-refractivity contribution in [2.24, 2.45) is 5.73 Å². The van der Waals surface area contributed by atoms with E-state index in [9.17, 15) is 9.18 Å². The van der Waals surface area contributed by atoms with E-state index < -0.39 is 6.04 Å². The first-order valence-electron chi connectivity index (χ1n) is 6.55. The standard InChI is InChI=1S/C16H15FN2O/c17-12-7-6-11-8-13(10-4-2-1-3-5-10)15(18)16(20)19-14(11)9-12/h1-7,9,13,15H,8,18H2,(H,19,20). The maximum atomic E-state index is 13.3. The van der Waals surface area contributed by atoms with Crippen LogP contribution in [-0.4, -0.2) is 11.9 Å². The molecule has 0 saturated carbocycles. The molecule has 0 bridgehead atoms. The van der Waals surface area contributed by atoms with Gasteiger partial charge in [-0.15, -0.1) is 0 Å². The average molecular weight is 270 g/mol. The van der Waals surface area contributed by atoms with Crippen LogP contribution in [0.15, 0.2) is 48.5 Å². The molecule has 2 atom stereocenters. The zero-order valence-electron chi connectivity index (χ0n) is 10.8. The Morgan fingerprint density at radius 1 is 1.15 bits per heavy atom. The minimum atomic E-state index is -0.645. The van der Waals surface area contributed by atoms with Gasteiger partial charge in [0.25, 0.3) is 0 Å². The van der Waals surface area contributed by atoms with Gasteiger partial charge >= 0.3 is 0 Å². The van der Waals surface area contributed by atoms with Crippen molar-refractivity contribution in [3.05, 3.63) is 65.5 Å². The number of hydrogen-bond acceptors (Lipinski definition) is 2. The summed E-state index contributed by atoms with van der Waals surface area (Å²) in [6.45, 7) is 0. The van der Waals surface area contributed by atoms with Gasteiger partial charge in [0.2, 0.25) is 5.91 Å². The predicted octanol–water partition coefficient (Wildman–Crippen LogP) is 2.43. The smallest absolute Gasteiger partial charge is 0.241 e. The monoisotopic (exact) mass is 270 g/mol. The highest BCUT2D eigenvalue weighted by atomic mass is 19.1. The number of carbonyl (C=O) groups excluding carboxylic acids is 1. The van der Waals surface area contributed by atoms with E-state index in [1.165, 1.54) is 12.1 Å². The lowest BCUT2D eigenvalue weighted by Gasteiger charge is -2.20. The van der Waals surface area contributed by atoms with E-state index in [0.29, 0.717) is 12.1 Å². The van der Waals surface area contributed by atoms with Crippen molar-refractivity contribution in [1.29, 1.82) is 0 Å². The first-order chi connectivity index (χ1) is 9.65. The Labute approximate surface area is 116 Å². The number of benzene rings is 2. The second-order valence-electron chi connectivity index (χ2n) is 5.04. The molecule has 102 valence electrons. The molecular weight excluding hydrogens is 255 g/mol. The topological polar surface area (TPSA) is 55.1 Å². The minimum Gasteiger partial charge on any atom is -0.324 e. The predicted molar refractivity (Wildman–Crippen MR) is 75.9 cm³/mol. The normalized spacial score (nSPS) is 21.8. The fraction of sp³-hybridized carbons (Fsp3) is 0.188. The summed E-state index contributed by atoms with van der Waals surface area (Å²) in [6.07, 6.45) is 0.611. The maximum absolute atomic E-state index is 13.3. The van der Waals surface area contributed by atoms with Crippen LogP contribution >= 0.6 is 0 Å². The number of nitrogens with two attached hydrogens (primary N) is 1. The van der Waals surface area contributed by atoms with Crippen molar-refractivity contribution < 1.29 is 9.18 Å². The van der Waals surface area contributed by atoms with Crippen LogP contribution in [0.1, 0.15) is 17.0 Å². The molecule has 0 fully saturated rings. The van der Waals surface area contributed by atoms with Crippen LogP contribution in [0, 0.1) is 5.82 Å². The van der Waals surface area contributed by atoms with E-state index in [-0.39, 0.29) is 17.6 Å². The van der Waals surface area contributed by atoms with Crippen molar-refractivity contribution in [3.63, 3.8) is 0 Å². The van der Waals surface area contributed by atoms with Crippen molar-refractivity contribution in [2.45, 2.75) is 18.4 Å². The molecule has 1 aliphatic heterocycles. The van der Waals surface area contributed by atoms with Gasteiger partial charge in [-0.1, -0.05) is 36.4 Å². The first kappa shape index (κ1) is 12.8. The molecule has 0 aromatic heterocycles. The number of halogens is 1. The number of amides is 1. The van der Waals surface area contributed by atoms with Crippen molar-refractivity contribution in [3.8, 4) is 0 Å². The third kappa shape index (κ3) is 2.30. The first-order valence-corrected chi connectivity index (χ1v) is 6.55. The third-order valence-electron chi connectivity index (χ3n) is 3.73. The van der Waals surface area contributed by atoms with E-state index in [0.717, 1.165) is 11.1 Å². The molecule has 2 aromatic rings. The average Bonchev–Trinajstić information content (AvgIpc) is 2.57. The zero-order chi connectivity index (χ0) is 14.1. The summed E-state index contributed by atoms with van der Waals surface area (Å²) >= 11 is 0. The van der Waals surface area contributed by atoms with Crippen LogP contribution < -0.4 is 11.1 Å². The fourth-order valence-electron chi connectivity index (χ4n) is 2.63. The maximum Gasteiger partial charge on any atom is 0.241 e. The molecule has 1 aliphatic rings. The van der Waals surface area contributed by atoms with Crippen molar-refractivity contribution >= 4 is 11.6 Å². The highest BCUT2D eigenvalue weighted by molar-refractivity contribution is 5.97. The van der Waals surface area contributed by atoms with Crippen LogP contribution in [0.4, 0.5) is 10.1 Å². The lowest BCUT2D eigenvalue weighted by Crippen LogP contribution is -2.39. The Bertz CT molecular complexity index is 642. The summed E-state index contributed by atoms with van der Waals surface area (Å²) in [5, 5.41) is 2.71. The van der Waals surface area contributed by atoms with Crippen molar-refractivity contribution in [2.75, 3.05) is 5.32 Å². The van der Waals surface area contributed by atoms with Gasteiger partial charge in [-0.3, -0.25) is 4.79 Å². The van der Waals surface area contributed by atoms with E-state index in [2.05, 4.69) is 5.32 Å². The number of hydrogen-bond donors (Lipinski definition) is 2. The van der Waals surface area contributed by atoms with Crippen LogP contribution in [0.5, 0.6) is 0 Å². The lowest BCUT2D eigenvalue weighted by molar-refractivity contribution is -0.117. The second-order valence-corrected chi connectivity index (χ2v) is 5.04. The van der Waals surface area contributed by atoms with Crippen LogP contribution in [0.2, 0.25) is 0 Å². The molecule has 4 heteroatoms. The number of rotatable bonds is 1. The van der Waals surface area contributed by atoms with E-state index >= 15 is 0 Å². The molecule has 1 amide bonds. The van der Waals surface area contributed by atoms with Gasteiger partial charge in [-0.25, -0.2) is 4.39 Å². The Morgan fingerprint density at radius 2 is 1.90 bits per heavy atom. The van der Waals surface area contributed by atoms with Crippen LogP contribution in [0.3, 0.4) is 0 Å². The Kier molecular flexibility index (Phi) is 3.24. The molecule has 0 radical (unpaired) electrons. The zero-order valence-corrected chi connectivity index (χ0v) is 10.8. The molecular formula is C16H15FN2O. The summed E-state index contributed by atoms with van der Waals surface area (Å²) in [4.78, 5) is 12.1. The highest BCUT2D eigenvalue weighted by Crippen LogP contribution is 2.31. The fourth-order valence-corrected chi connectivity index (χ4v) is 2.63. The third-order valence-corrected chi connectivity index (χ3v) is 3.73. The number of carbonyl (C=O) groups is 1. The molecule has 0 aliphatic carbocycles. The molecule has 2 aromatic carbocycles. The molecule has 20 heavy (non-hydrogen) atoms. The van der Waals surface area contributed by atoms with Crippen LogP contribution in [-0.2, 0) is 11.2 Å². The van der Waals surface area contributed by atoms with Crippen LogP contribution in [0.25, 0.3) is 0 Å². The summed E-state index contributed by atoms with van der Waals surface area (Å²) in [5.74, 6) is -0.748. The SMILES string of the molecule is NC1C(=O)Nc2cc(F)ccc2CC1c1ccccc1.